The number of carbonyl (C=O) groups is 1. The van der Waals surface area contributed by atoms with Gasteiger partial charge in [-0.25, -0.2) is 18.1 Å². The topological polar surface area (TPSA) is 97.8 Å². The van der Waals surface area contributed by atoms with Crippen molar-refractivity contribution in [3.63, 3.8) is 0 Å². The highest BCUT2D eigenvalue weighted by Gasteiger charge is 2.25. The zero-order chi connectivity index (χ0) is 22.3. The molecule has 1 saturated heterocycles. The number of benzene rings is 1. The van der Waals surface area contributed by atoms with Crippen molar-refractivity contribution in [1.29, 1.82) is 0 Å². The van der Waals surface area contributed by atoms with E-state index in [0.717, 1.165) is 42.8 Å². The van der Waals surface area contributed by atoms with Crippen LogP contribution in [0.4, 0.5) is 0 Å². The van der Waals surface area contributed by atoms with E-state index in [-0.39, 0.29) is 23.5 Å². The van der Waals surface area contributed by atoms with Crippen LogP contribution >= 0.6 is 22.7 Å². The van der Waals surface area contributed by atoms with Gasteiger partial charge in [-0.1, -0.05) is 6.07 Å². The number of hydrogen-bond acceptors (Lipinski definition) is 8. The second kappa shape index (κ2) is 8.47. The Hall–Kier alpha value is -2.47. The highest BCUT2D eigenvalue weighted by atomic mass is 32.2. The van der Waals surface area contributed by atoms with Crippen LogP contribution in [0.1, 0.15) is 33.8 Å². The molecule has 0 atom stereocenters. The maximum atomic E-state index is 12.8. The molecule has 0 radical (unpaired) electrons. The van der Waals surface area contributed by atoms with Gasteiger partial charge >= 0.3 is 0 Å². The quantitative estimate of drug-likeness (QED) is 0.566. The SMILES string of the molecule is Cc1nc(-c2csc(S(=O)(=O)NCc3ccc4c(c3)OCO4)c2)sc1C(=O)N1CCCC1. The van der Waals surface area contributed by atoms with Gasteiger partial charge in [0.2, 0.25) is 16.8 Å². The molecule has 3 aromatic rings. The van der Waals surface area contributed by atoms with Crippen LogP contribution in [0, 0.1) is 6.92 Å². The Bertz CT molecular complexity index is 1280. The number of hydrogen-bond donors (Lipinski definition) is 1. The number of thiazole rings is 1. The fraction of sp³-hybridized carbons (Fsp3) is 0.333. The van der Waals surface area contributed by atoms with Gasteiger partial charge in [0.25, 0.3) is 5.91 Å². The number of fused-ring (bicyclic) bond motifs is 1. The summed E-state index contributed by atoms with van der Waals surface area (Å²) < 4.78 is 39.1. The lowest BCUT2D eigenvalue weighted by Crippen LogP contribution is -2.27. The number of amides is 1. The van der Waals surface area contributed by atoms with E-state index in [2.05, 4.69) is 9.71 Å². The smallest absolute Gasteiger partial charge is 0.265 e. The second-order valence-corrected chi connectivity index (χ2v) is 11.5. The molecule has 0 unspecified atom stereocenters. The Morgan fingerprint density at radius 3 is 2.78 bits per heavy atom. The van der Waals surface area contributed by atoms with E-state index in [1.165, 1.54) is 11.3 Å². The normalized spacial score (nSPS) is 15.5. The van der Waals surface area contributed by atoms with E-state index < -0.39 is 10.0 Å². The van der Waals surface area contributed by atoms with Crippen LogP contribution in [0.2, 0.25) is 0 Å². The molecule has 1 N–H and O–H groups in total. The van der Waals surface area contributed by atoms with E-state index in [9.17, 15) is 13.2 Å². The fourth-order valence-electron chi connectivity index (χ4n) is 3.65. The Kier molecular flexibility index (Phi) is 5.66. The monoisotopic (exact) mass is 491 g/mol. The van der Waals surface area contributed by atoms with E-state index in [0.29, 0.717) is 32.6 Å². The van der Waals surface area contributed by atoms with Crippen LogP contribution in [-0.4, -0.2) is 44.1 Å². The maximum absolute atomic E-state index is 12.8. The molecule has 2 aliphatic heterocycles. The number of aryl methyl sites for hydroxylation is 1. The predicted molar refractivity (Wildman–Crippen MR) is 122 cm³/mol. The van der Waals surface area contributed by atoms with Gasteiger partial charge in [-0.15, -0.1) is 22.7 Å². The molecular weight excluding hydrogens is 470 g/mol. The van der Waals surface area contributed by atoms with Gasteiger partial charge in [-0.2, -0.15) is 0 Å². The van der Waals surface area contributed by atoms with Crippen molar-refractivity contribution in [2.75, 3.05) is 19.9 Å². The average molecular weight is 492 g/mol. The molecular formula is C21H21N3O5S3. The lowest BCUT2D eigenvalue weighted by Gasteiger charge is -2.13. The summed E-state index contributed by atoms with van der Waals surface area (Å²) in [6, 6.07) is 6.94. The summed E-state index contributed by atoms with van der Waals surface area (Å²) >= 11 is 2.45. The van der Waals surface area contributed by atoms with Gasteiger partial charge in [0, 0.05) is 30.6 Å². The first-order chi connectivity index (χ1) is 15.4. The minimum atomic E-state index is -3.69. The largest absolute Gasteiger partial charge is 0.454 e. The molecule has 0 aliphatic carbocycles. The summed E-state index contributed by atoms with van der Waals surface area (Å²) in [6.07, 6.45) is 2.06. The molecule has 5 rings (SSSR count). The third kappa shape index (κ3) is 4.13. The lowest BCUT2D eigenvalue weighted by molar-refractivity contribution is 0.0796. The molecule has 0 spiro atoms. The standard InChI is InChI=1S/C21H21N3O5S3/c1-13-19(21(25)24-6-2-3-7-24)31-20(23-13)15-9-18(30-11-15)32(26,27)22-10-14-4-5-16-17(8-14)29-12-28-16/h4-5,8-9,11,22H,2-3,6-7,10,12H2,1H3. The first-order valence-corrected chi connectivity index (χ1v) is 13.3. The number of sulfonamides is 1. The van der Waals surface area contributed by atoms with Crippen molar-refractivity contribution < 1.29 is 22.7 Å². The van der Waals surface area contributed by atoms with Gasteiger partial charge < -0.3 is 14.4 Å². The average Bonchev–Trinajstić information content (AvgIpc) is 3.58. The van der Waals surface area contributed by atoms with Crippen LogP contribution in [0.5, 0.6) is 11.5 Å². The summed E-state index contributed by atoms with van der Waals surface area (Å²) in [5.74, 6) is 1.27. The van der Waals surface area contributed by atoms with Gasteiger partial charge in [0.15, 0.2) is 11.5 Å². The van der Waals surface area contributed by atoms with E-state index >= 15 is 0 Å². The number of likely N-dealkylation sites (tertiary alicyclic amines) is 1. The van der Waals surface area contributed by atoms with Gasteiger partial charge in [-0.05, 0) is 43.5 Å². The van der Waals surface area contributed by atoms with Crippen LogP contribution in [0.15, 0.2) is 33.9 Å². The number of ether oxygens (including phenoxy) is 2. The zero-order valence-electron chi connectivity index (χ0n) is 17.3. The highest BCUT2D eigenvalue weighted by molar-refractivity contribution is 7.91. The lowest BCUT2D eigenvalue weighted by atomic mass is 10.2. The third-order valence-electron chi connectivity index (χ3n) is 5.37. The van der Waals surface area contributed by atoms with Crippen molar-refractivity contribution in [3.8, 4) is 22.1 Å². The summed E-state index contributed by atoms with van der Waals surface area (Å²) in [6.45, 7) is 3.68. The molecule has 0 bridgehead atoms. The number of nitrogens with one attached hydrogen (secondary N) is 1. The Morgan fingerprint density at radius 2 is 1.97 bits per heavy atom. The summed E-state index contributed by atoms with van der Waals surface area (Å²) in [5, 5.41) is 2.41. The second-order valence-electron chi connectivity index (χ2n) is 7.60. The highest BCUT2D eigenvalue weighted by Crippen LogP contribution is 2.35. The number of rotatable bonds is 6. The Morgan fingerprint density at radius 1 is 1.19 bits per heavy atom. The van der Waals surface area contributed by atoms with Crippen molar-refractivity contribution in [1.82, 2.24) is 14.6 Å². The van der Waals surface area contributed by atoms with Crippen LogP contribution in [0.3, 0.4) is 0 Å². The molecule has 11 heteroatoms. The van der Waals surface area contributed by atoms with Crippen LogP contribution < -0.4 is 14.2 Å². The molecule has 8 nitrogen and oxygen atoms in total. The van der Waals surface area contributed by atoms with Crippen LogP contribution in [-0.2, 0) is 16.6 Å². The number of aromatic nitrogens is 1. The van der Waals surface area contributed by atoms with Crippen molar-refractivity contribution in [3.05, 3.63) is 45.8 Å². The molecule has 1 fully saturated rings. The third-order valence-corrected chi connectivity index (χ3v) is 9.41. The summed E-state index contributed by atoms with van der Waals surface area (Å²) in [7, 11) is -3.69. The van der Waals surface area contributed by atoms with E-state index in [4.69, 9.17) is 9.47 Å². The Labute approximate surface area is 193 Å². The molecule has 2 aromatic heterocycles. The number of carbonyl (C=O) groups excluding carboxylic acids is 1. The number of nitrogens with zero attached hydrogens (tertiary/aromatic N) is 2. The van der Waals surface area contributed by atoms with Gasteiger partial charge in [0.05, 0.1) is 5.69 Å². The first-order valence-electron chi connectivity index (χ1n) is 10.1. The maximum Gasteiger partial charge on any atom is 0.265 e. The minimum absolute atomic E-state index is 0.0113. The predicted octanol–water partition coefficient (Wildman–Crippen LogP) is 3.62. The molecule has 4 heterocycles. The molecule has 168 valence electrons. The van der Waals surface area contributed by atoms with E-state index in [1.54, 1.807) is 29.6 Å². The molecule has 1 aromatic carbocycles. The molecule has 2 aliphatic rings. The summed E-state index contributed by atoms with van der Waals surface area (Å²) in [5.41, 5.74) is 2.15. The van der Waals surface area contributed by atoms with Crippen LogP contribution in [0.25, 0.3) is 10.6 Å². The first kappa shape index (κ1) is 21.4. The molecule has 0 saturated carbocycles. The van der Waals surface area contributed by atoms with Gasteiger partial charge in [-0.3, -0.25) is 4.79 Å². The van der Waals surface area contributed by atoms with E-state index in [1.807, 2.05) is 11.8 Å². The zero-order valence-corrected chi connectivity index (χ0v) is 19.7. The van der Waals surface area contributed by atoms with Gasteiger partial charge in [0.1, 0.15) is 14.1 Å². The molecule has 32 heavy (non-hydrogen) atoms. The van der Waals surface area contributed by atoms with Crippen molar-refractivity contribution in [2.24, 2.45) is 0 Å². The number of thiophene rings is 1. The minimum Gasteiger partial charge on any atom is -0.454 e. The summed E-state index contributed by atoms with van der Waals surface area (Å²) in [4.78, 5) is 19.8. The van der Waals surface area contributed by atoms with Crippen molar-refractivity contribution in [2.45, 2.75) is 30.5 Å². The fourth-order valence-corrected chi connectivity index (χ4v) is 6.97. The Balaban J connectivity index is 1.30. The van der Waals surface area contributed by atoms with Crippen molar-refractivity contribution >= 4 is 38.6 Å². The molecule has 1 amide bonds.